The molecule has 3 aliphatic rings. The van der Waals surface area contributed by atoms with Crippen LogP contribution in [0.2, 0.25) is 37.3 Å². The zero-order chi connectivity index (χ0) is 27.9. The minimum Gasteiger partial charge on any atom is -0.459 e. The first-order chi connectivity index (χ1) is 17.9. The van der Waals surface area contributed by atoms with E-state index >= 15 is 0 Å². The quantitative estimate of drug-likeness (QED) is 0.103. The van der Waals surface area contributed by atoms with Crippen LogP contribution in [0.1, 0.15) is 58.9 Å². The Morgan fingerprint density at radius 2 is 1.66 bits per heavy atom. The van der Waals surface area contributed by atoms with Gasteiger partial charge in [0.15, 0.2) is 0 Å². The number of esters is 1. The highest BCUT2D eigenvalue weighted by atomic mass is 32.2. The molecule has 4 rings (SSSR count). The van der Waals surface area contributed by atoms with Crippen LogP contribution >= 0.6 is 11.8 Å². The number of fused-ring (bicyclic) bond motifs is 1. The number of carbonyl (C=O) groups is 2. The van der Waals surface area contributed by atoms with Crippen LogP contribution in [-0.2, 0) is 20.9 Å². The highest BCUT2D eigenvalue weighted by Gasteiger charge is 2.69. The molecule has 0 saturated carbocycles. The number of nitrogens with zero attached hydrogens (tertiary/aromatic N) is 3. The van der Waals surface area contributed by atoms with Gasteiger partial charge in [0.2, 0.25) is 5.91 Å². The lowest BCUT2D eigenvalue weighted by molar-refractivity contribution is -0.384. The van der Waals surface area contributed by atoms with Crippen LogP contribution in [0.15, 0.2) is 24.3 Å². The number of carbonyl (C=O) groups excluding carboxylic acids is 2. The molecule has 1 aromatic rings. The zero-order valence-electron chi connectivity index (χ0n) is 23.7. The Labute approximate surface area is 233 Å². The van der Waals surface area contributed by atoms with Crippen LogP contribution in [0.25, 0.3) is 0 Å². The van der Waals surface area contributed by atoms with Gasteiger partial charge in [-0.1, -0.05) is 52.6 Å². The first-order valence-corrected chi connectivity index (χ1v) is 20.7. The largest absolute Gasteiger partial charge is 0.459 e. The zero-order valence-corrected chi connectivity index (χ0v) is 26.5. The number of amides is 1. The van der Waals surface area contributed by atoms with Crippen LogP contribution in [0.4, 0.5) is 5.69 Å². The number of rotatable bonds is 11. The number of non-ortho nitro benzene ring substituents is 1. The number of benzene rings is 1. The second-order valence-corrected chi connectivity index (χ2v) is 23.5. The van der Waals surface area contributed by atoms with Gasteiger partial charge in [-0.25, -0.2) is 4.79 Å². The lowest BCUT2D eigenvalue weighted by atomic mass is 9.96. The molecular weight excluding hydrogens is 535 g/mol. The van der Waals surface area contributed by atoms with E-state index in [0.29, 0.717) is 5.56 Å². The fourth-order valence-corrected chi connectivity index (χ4v) is 25.2. The number of unbranched alkanes of at least 4 members (excludes halogenated alkanes) is 2. The van der Waals surface area contributed by atoms with Crippen LogP contribution in [0, 0.1) is 10.1 Å². The smallest absolute Gasteiger partial charge is 0.330 e. The molecule has 1 aromatic carbocycles. The first-order valence-electron chi connectivity index (χ1n) is 14.1. The number of hydrogen-bond donors (Lipinski definition) is 0. The Bertz CT molecular complexity index is 1050. The number of β-lactam (4-membered cyclic amide) rings is 1. The molecule has 3 aliphatic heterocycles. The summed E-state index contributed by atoms with van der Waals surface area (Å²) in [5, 5.41) is 10.9. The van der Waals surface area contributed by atoms with Crippen molar-refractivity contribution in [1.82, 2.24) is 9.13 Å². The van der Waals surface area contributed by atoms with Gasteiger partial charge < -0.3 is 13.9 Å². The summed E-state index contributed by atoms with van der Waals surface area (Å²) in [4.78, 5) is 39.6. The molecule has 8 nitrogen and oxygen atoms in total. The van der Waals surface area contributed by atoms with Gasteiger partial charge in [-0.2, -0.15) is 0 Å². The second kappa shape index (κ2) is 11.1. The maximum atomic E-state index is 14.0. The summed E-state index contributed by atoms with van der Waals surface area (Å²) in [5.74, 6) is -0.286. The summed E-state index contributed by atoms with van der Waals surface area (Å²) in [5.41, 5.74) is 0.684. The lowest BCUT2D eigenvalue weighted by Crippen LogP contribution is -2.77. The molecule has 2 unspecified atom stereocenters. The number of nitro groups is 1. The molecule has 3 saturated heterocycles. The fourth-order valence-electron chi connectivity index (χ4n) is 6.87. The number of ether oxygens (including phenoxy) is 1. The minimum atomic E-state index is -1.75. The summed E-state index contributed by atoms with van der Waals surface area (Å²) >= 11 is 1.76. The molecule has 3 heterocycles. The topological polar surface area (TPSA) is 93.0 Å². The van der Waals surface area contributed by atoms with Gasteiger partial charge >= 0.3 is 5.97 Å². The highest BCUT2D eigenvalue weighted by molar-refractivity contribution is 8.01. The fraction of sp³-hybridized carbons (Fsp3) is 0.704. The molecule has 0 aliphatic carbocycles. The van der Waals surface area contributed by atoms with E-state index in [-0.39, 0.29) is 29.6 Å². The van der Waals surface area contributed by atoms with Crippen LogP contribution < -0.4 is 0 Å². The van der Waals surface area contributed by atoms with Crippen LogP contribution in [0.5, 0.6) is 0 Å². The van der Waals surface area contributed by atoms with E-state index in [0.717, 1.165) is 0 Å². The van der Waals surface area contributed by atoms with Crippen molar-refractivity contribution in [2.75, 3.05) is 0 Å². The summed E-state index contributed by atoms with van der Waals surface area (Å²) < 4.78 is 8.08. The number of hydrogen-bond acceptors (Lipinski definition) is 7. The van der Waals surface area contributed by atoms with Crippen molar-refractivity contribution in [2.24, 2.45) is 0 Å². The molecule has 0 spiro atoms. The van der Waals surface area contributed by atoms with E-state index in [2.05, 4.69) is 31.2 Å². The van der Waals surface area contributed by atoms with Gasteiger partial charge in [-0.3, -0.25) is 14.9 Å². The summed E-state index contributed by atoms with van der Waals surface area (Å²) in [7, 11) is -3.51. The number of nitro benzene ring substituents is 1. The van der Waals surface area contributed by atoms with E-state index in [4.69, 9.17) is 4.74 Å². The van der Waals surface area contributed by atoms with Gasteiger partial charge in [0.25, 0.3) is 5.69 Å². The standard InChI is InChI=1S/C27H43N3O5SSi2/c1-7-9-15-37(5)17-18-38(6,16-10-8-2)30(37)22-24(31)28-23(27(3,4)36-25(22)28)26(32)35-19-20-11-13-21(14-12-20)29(33)34/h11-14,22-23,25H,7-10,15-19H2,1-6H3/t22-,23+,25-,37?,38?/m1/s1. The van der Waals surface area contributed by atoms with Gasteiger partial charge in [-0.05, 0) is 55.7 Å². The van der Waals surface area contributed by atoms with E-state index in [1.54, 1.807) is 23.9 Å². The molecular formula is C27H43N3O5SSi2. The normalized spacial score (nSPS) is 32.2. The van der Waals surface area contributed by atoms with Crippen molar-refractivity contribution in [3.63, 3.8) is 0 Å². The van der Waals surface area contributed by atoms with Crippen molar-refractivity contribution in [3.05, 3.63) is 39.9 Å². The first kappa shape index (κ1) is 29.3. The second-order valence-electron chi connectivity index (χ2n) is 12.3. The Balaban J connectivity index is 1.52. The van der Waals surface area contributed by atoms with Crippen molar-refractivity contribution in [2.45, 2.75) is 119 Å². The SMILES string of the molecule is CCCC[Si]1(C)CC[Si](C)(CCCC)N1[C@@H]1C(=O)N2[C@@H]1SC(C)(C)[C@@H]2C(=O)OCc1ccc([N+](=O)[O-])cc1. The predicted octanol–water partition coefficient (Wildman–Crippen LogP) is 6.14. The van der Waals surface area contributed by atoms with Crippen LogP contribution in [0.3, 0.4) is 0 Å². The van der Waals surface area contributed by atoms with E-state index in [1.807, 2.05) is 18.7 Å². The average molecular weight is 578 g/mol. The van der Waals surface area contributed by atoms with Gasteiger partial charge in [0, 0.05) is 16.9 Å². The summed E-state index contributed by atoms with van der Waals surface area (Å²) in [6, 6.07) is 10.4. The molecule has 1 amide bonds. The van der Waals surface area contributed by atoms with Crippen LogP contribution in [-0.4, -0.2) is 64.6 Å². The molecule has 38 heavy (non-hydrogen) atoms. The van der Waals surface area contributed by atoms with Gasteiger partial charge in [0.1, 0.15) is 40.5 Å². The third-order valence-electron chi connectivity index (χ3n) is 8.95. The molecule has 5 atom stereocenters. The molecule has 3 fully saturated rings. The molecule has 0 aromatic heterocycles. The van der Waals surface area contributed by atoms with E-state index < -0.39 is 38.2 Å². The Hall–Kier alpha value is -1.70. The Morgan fingerprint density at radius 1 is 1.11 bits per heavy atom. The monoisotopic (exact) mass is 577 g/mol. The molecule has 0 radical (unpaired) electrons. The third-order valence-corrected chi connectivity index (χ3v) is 22.6. The average Bonchev–Trinajstić information content (AvgIpc) is 3.28. The van der Waals surface area contributed by atoms with Gasteiger partial charge in [0.05, 0.1) is 4.92 Å². The Morgan fingerprint density at radius 3 is 2.16 bits per heavy atom. The third kappa shape index (κ3) is 5.23. The summed E-state index contributed by atoms with van der Waals surface area (Å²) in [6.07, 6.45) is 4.82. The maximum absolute atomic E-state index is 14.0. The maximum Gasteiger partial charge on any atom is 0.330 e. The highest BCUT2D eigenvalue weighted by Crippen LogP contribution is 2.56. The van der Waals surface area contributed by atoms with Crippen molar-refractivity contribution >= 4 is 45.8 Å². The van der Waals surface area contributed by atoms with Gasteiger partial charge in [-0.15, -0.1) is 11.8 Å². The van der Waals surface area contributed by atoms with Crippen molar-refractivity contribution in [1.29, 1.82) is 0 Å². The predicted molar refractivity (Wildman–Crippen MR) is 157 cm³/mol. The van der Waals surface area contributed by atoms with E-state index in [1.165, 1.54) is 62.0 Å². The number of thioether (sulfide) groups is 1. The minimum absolute atomic E-state index is 0.000603. The molecule has 0 bridgehead atoms. The summed E-state index contributed by atoms with van der Waals surface area (Å²) in [6.45, 7) is 13.7. The lowest BCUT2D eigenvalue weighted by Gasteiger charge is -2.56. The molecule has 11 heteroatoms. The Kier molecular flexibility index (Phi) is 8.52. The van der Waals surface area contributed by atoms with E-state index in [9.17, 15) is 19.7 Å². The molecule has 210 valence electrons. The molecule has 0 N–H and O–H groups in total. The van der Waals surface area contributed by atoms with Crippen molar-refractivity contribution in [3.8, 4) is 0 Å². The van der Waals surface area contributed by atoms with Crippen molar-refractivity contribution < 1.29 is 19.2 Å².